The van der Waals surface area contributed by atoms with E-state index in [4.69, 9.17) is 4.42 Å². The number of halogens is 1. The summed E-state index contributed by atoms with van der Waals surface area (Å²) in [7, 11) is 0. The zero-order valence-corrected chi connectivity index (χ0v) is 12.2. The summed E-state index contributed by atoms with van der Waals surface area (Å²) in [5.41, 5.74) is 0. The Morgan fingerprint density at radius 1 is 1.31 bits per heavy atom. The minimum atomic E-state index is 0.269. The van der Waals surface area contributed by atoms with Crippen molar-refractivity contribution in [2.24, 2.45) is 5.92 Å². The molecule has 0 fully saturated rings. The second-order valence-corrected chi connectivity index (χ2v) is 5.46. The van der Waals surface area contributed by atoms with E-state index in [1.165, 1.54) is 12.8 Å². The number of nitrogens with one attached hydrogen (secondary N) is 1. The molecule has 0 saturated heterocycles. The van der Waals surface area contributed by atoms with Crippen molar-refractivity contribution >= 4 is 15.9 Å². The predicted octanol–water partition coefficient (Wildman–Crippen LogP) is 4.52. The second-order valence-electron chi connectivity index (χ2n) is 4.68. The Morgan fingerprint density at radius 2 is 2.00 bits per heavy atom. The van der Waals surface area contributed by atoms with E-state index in [9.17, 15) is 0 Å². The van der Waals surface area contributed by atoms with Crippen molar-refractivity contribution in [1.82, 2.24) is 5.32 Å². The van der Waals surface area contributed by atoms with Crippen LogP contribution in [0.25, 0.3) is 0 Å². The number of hydrogen-bond donors (Lipinski definition) is 1. The molecular formula is C13H22BrNO. The average molecular weight is 288 g/mol. The van der Waals surface area contributed by atoms with Crippen LogP contribution in [0.2, 0.25) is 0 Å². The summed E-state index contributed by atoms with van der Waals surface area (Å²) >= 11 is 3.32. The molecule has 1 rings (SSSR count). The van der Waals surface area contributed by atoms with E-state index in [2.05, 4.69) is 48.9 Å². The molecule has 1 N–H and O–H groups in total. The fourth-order valence-corrected chi connectivity index (χ4v) is 2.23. The fraction of sp³-hybridized carbons (Fsp3) is 0.692. The van der Waals surface area contributed by atoms with Gasteiger partial charge in [0.05, 0.1) is 6.04 Å². The molecule has 0 saturated carbocycles. The van der Waals surface area contributed by atoms with Gasteiger partial charge in [-0.05, 0) is 54.2 Å². The lowest BCUT2D eigenvalue weighted by molar-refractivity contribution is 0.350. The Hall–Kier alpha value is -0.280. The minimum absolute atomic E-state index is 0.269. The van der Waals surface area contributed by atoms with Crippen LogP contribution in [0.3, 0.4) is 0 Å². The molecule has 0 aromatic carbocycles. The van der Waals surface area contributed by atoms with Gasteiger partial charge in [-0.2, -0.15) is 0 Å². The van der Waals surface area contributed by atoms with E-state index in [0.29, 0.717) is 6.04 Å². The molecule has 0 bridgehead atoms. The highest BCUT2D eigenvalue weighted by atomic mass is 79.9. The molecule has 16 heavy (non-hydrogen) atoms. The number of hydrogen-bond acceptors (Lipinski definition) is 2. The minimum Gasteiger partial charge on any atom is -0.453 e. The SMILES string of the molecule is CCC(C)CC(C)NC(C)c1ccc(Br)o1. The molecule has 3 atom stereocenters. The third-order valence-corrected chi connectivity index (χ3v) is 3.43. The predicted molar refractivity (Wildman–Crippen MR) is 71.5 cm³/mol. The molecular weight excluding hydrogens is 266 g/mol. The van der Waals surface area contributed by atoms with Crippen LogP contribution in [0.4, 0.5) is 0 Å². The highest BCUT2D eigenvalue weighted by Crippen LogP contribution is 2.21. The maximum Gasteiger partial charge on any atom is 0.169 e. The normalized spacial score (nSPS) is 17.1. The largest absolute Gasteiger partial charge is 0.453 e. The maximum atomic E-state index is 5.53. The molecule has 3 unspecified atom stereocenters. The first-order valence-corrected chi connectivity index (χ1v) is 6.83. The van der Waals surface area contributed by atoms with Gasteiger partial charge in [-0.15, -0.1) is 0 Å². The van der Waals surface area contributed by atoms with Gasteiger partial charge in [-0.3, -0.25) is 0 Å². The maximum absolute atomic E-state index is 5.53. The standard InChI is InChI=1S/C13H22BrNO/c1-5-9(2)8-10(3)15-11(4)12-6-7-13(14)16-12/h6-7,9-11,15H,5,8H2,1-4H3. The Kier molecular flexibility index (Phi) is 5.56. The Labute approximate surface area is 107 Å². The van der Waals surface area contributed by atoms with Crippen LogP contribution in [-0.2, 0) is 0 Å². The van der Waals surface area contributed by atoms with Crippen LogP contribution in [0.1, 0.15) is 52.3 Å². The van der Waals surface area contributed by atoms with Gasteiger partial charge in [0.15, 0.2) is 4.67 Å². The first-order valence-electron chi connectivity index (χ1n) is 6.04. The summed E-state index contributed by atoms with van der Waals surface area (Å²) < 4.78 is 6.33. The molecule has 0 aliphatic heterocycles. The Morgan fingerprint density at radius 3 is 2.50 bits per heavy atom. The molecule has 0 amide bonds. The molecule has 2 nitrogen and oxygen atoms in total. The van der Waals surface area contributed by atoms with Gasteiger partial charge in [0.25, 0.3) is 0 Å². The first-order chi connectivity index (χ1) is 7.52. The van der Waals surface area contributed by atoms with Crippen LogP contribution in [0, 0.1) is 5.92 Å². The molecule has 0 aliphatic carbocycles. The van der Waals surface area contributed by atoms with Gasteiger partial charge in [0, 0.05) is 6.04 Å². The Balaban J connectivity index is 2.42. The lowest BCUT2D eigenvalue weighted by Crippen LogP contribution is -2.30. The van der Waals surface area contributed by atoms with Crippen molar-refractivity contribution in [3.05, 3.63) is 22.6 Å². The van der Waals surface area contributed by atoms with Crippen molar-refractivity contribution in [2.45, 2.75) is 52.6 Å². The van der Waals surface area contributed by atoms with Gasteiger partial charge in [-0.1, -0.05) is 20.3 Å². The average Bonchev–Trinajstić information content (AvgIpc) is 2.64. The van der Waals surface area contributed by atoms with Crippen molar-refractivity contribution in [3.8, 4) is 0 Å². The van der Waals surface area contributed by atoms with Gasteiger partial charge >= 0.3 is 0 Å². The summed E-state index contributed by atoms with van der Waals surface area (Å²) in [4.78, 5) is 0. The third-order valence-electron chi connectivity index (χ3n) is 3.01. The molecule has 0 spiro atoms. The molecule has 1 aromatic rings. The second kappa shape index (κ2) is 6.45. The van der Waals surface area contributed by atoms with Gasteiger partial charge < -0.3 is 9.73 Å². The molecule has 3 heteroatoms. The topological polar surface area (TPSA) is 25.2 Å². The summed E-state index contributed by atoms with van der Waals surface area (Å²) in [6.45, 7) is 8.91. The van der Waals surface area contributed by atoms with Gasteiger partial charge in [0.1, 0.15) is 5.76 Å². The highest BCUT2D eigenvalue weighted by molar-refractivity contribution is 9.10. The summed E-state index contributed by atoms with van der Waals surface area (Å²) in [5.74, 6) is 1.76. The van der Waals surface area contributed by atoms with Crippen LogP contribution in [0.5, 0.6) is 0 Å². The fourth-order valence-electron chi connectivity index (χ4n) is 1.91. The van der Waals surface area contributed by atoms with E-state index in [1.54, 1.807) is 0 Å². The van der Waals surface area contributed by atoms with E-state index < -0.39 is 0 Å². The van der Waals surface area contributed by atoms with Crippen LogP contribution < -0.4 is 5.32 Å². The zero-order valence-electron chi connectivity index (χ0n) is 10.6. The summed E-state index contributed by atoms with van der Waals surface area (Å²) in [6.07, 6.45) is 2.45. The summed E-state index contributed by atoms with van der Waals surface area (Å²) in [5, 5.41) is 3.56. The highest BCUT2D eigenvalue weighted by Gasteiger charge is 2.14. The van der Waals surface area contributed by atoms with Gasteiger partial charge in [-0.25, -0.2) is 0 Å². The lowest BCUT2D eigenvalue weighted by Gasteiger charge is -2.21. The van der Waals surface area contributed by atoms with Crippen LogP contribution in [0.15, 0.2) is 21.2 Å². The summed E-state index contributed by atoms with van der Waals surface area (Å²) in [6, 6.07) is 4.74. The molecule has 1 heterocycles. The Bertz CT molecular complexity index is 311. The third kappa shape index (κ3) is 4.30. The zero-order chi connectivity index (χ0) is 12.1. The van der Waals surface area contributed by atoms with Crippen LogP contribution in [-0.4, -0.2) is 6.04 Å². The quantitative estimate of drug-likeness (QED) is 0.832. The van der Waals surface area contributed by atoms with E-state index >= 15 is 0 Å². The lowest BCUT2D eigenvalue weighted by atomic mass is 10.00. The first kappa shape index (κ1) is 13.8. The van der Waals surface area contributed by atoms with E-state index in [0.717, 1.165) is 16.3 Å². The molecule has 0 radical (unpaired) electrons. The van der Waals surface area contributed by atoms with Crippen molar-refractivity contribution in [3.63, 3.8) is 0 Å². The van der Waals surface area contributed by atoms with E-state index in [-0.39, 0.29) is 6.04 Å². The smallest absolute Gasteiger partial charge is 0.169 e. The monoisotopic (exact) mass is 287 g/mol. The molecule has 1 aromatic heterocycles. The van der Waals surface area contributed by atoms with Crippen molar-refractivity contribution < 1.29 is 4.42 Å². The van der Waals surface area contributed by atoms with Gasteiger partial charge in [0.2, 0.25) is 0 Å². The van der Waals surface area contributed by atoms with Crippen molar-refractivity contribution in [2.75, 3.05) is 0 Å². The van der Waals surface area contributed by atoms with Crippen molar-refractivity contribution in [1.29, 1.82) is 0 Å². The number of furan rings is 1. The van der Waals surface area contributed by atoms with E-state index in [1.807, 2.05) is 12.1 Å². The number of rotatable bonds is 6. The molecule has 92 valence electrons. The van der Waals surface area contributed by atoms with Crippen LogP contribution >= 0.6 is 15.9 Å². The molecule has 0 aliphatic rings.